The fourth-order valence-electron chi connectivity index (χ4n) is 2.18. The van der Waals surface area contributed by atoms with Gasteiger partial charge in [0.15, 0.2) is 11.2 Å². The predicted octanol–water partition coefficient (Wildman–Crippen LogP) is 1.20. The molecule has 3 rings (SSSR count). The Bertz CT molecular complexity index is 574. The molecule has 0 amide bonds. The molecule has 4 nitrogen and oxygen atoms in total. The average molecular weight is 201 g/mol. The summed E-state index contributed by atoms with van der Waals surface area (Å²) in [5.74, 6) is 0. The molecular weight excluding hydrogens is 190 g/mol. The minimum Gasteiger partial charge on any atom is -0.341 e. The van der Waals surface area contributed by atoms with E-state index in [2.05, 4.69) is 15.0 Å². The Morgan fingerprint density at radius 3 is 2.87 bits per heavy atom. The number of nitrogens with one attached hydrogen (secondary N) is 1. The van der Waals surface area contributed by atoms with E-state index in [0.717, 1.165) is 36.9 Å². The minimum absolute atomic E-state index is 0.0616. The number of fused-ring (bicyclic) bond motifs is 2. The molecule has 0 saturated heterocycles. The van der Waals surface area contributed by atoms with Crippen molar-refractivity contribution in [2.75, 3.05) is 0 Å². The van der Waals surface area contributed by atoms with E-state index in [-0.39, 0.29) is 5.43 Å². The van der Waals surface area contributed by atoms with Gasteiger partial charge >= 0.3 is 0 Å². The second-order valence-electron chi connectivity index (χ2n) is 3.87. The van der Waals surface area contributed by atoms with E-state index >= 15 is 0 Å². The Hall–Kier alpha value is -1.71. The SMILES string of the molecule is O=c1c2c([nH]c3nccnc13)CCCC2. The lowest BCUT2D eigenvalue weighted by Crippen LogP contribution is -2.19. The van der Waals surface area contributed by atoms with E-state index in [0.29, 0.717) is 11.2 Å². The first-order valence-electron chi connectivity index (χ1n) is 5.21. The predicted molar refractivity (Wildman–Crippen MR) is 56.8 cm³/mol. The monoisotopic (exact) mass is 201 g/mol. The zero-order chi connectivity index (χ0) is 10.3. The quantitative estimate of drug-likeness (QED) is 0.696. The molecule has 2 aromatic rings. The molecule has 15 heavy (non-hydrogen) atoms. The topological polar surface area (TPSA) is 58.6 Å². The number of nitrogens with zero attached hydrogens (tertiary/aromatic N) is 2. The summed E-state index contributed by atoms with van der Waals surface area (Å²) < 4.78 is 0. The minimum atomic E-state index is 0.0616. The number of aromatic nitrogens is 3. The van der Waals surface area contributed by atoms with E-state index < -0.39 is 0 Å². The van der Waals surface area contributed by atoms with Crippen molar-refractivity contribution in [2.24, 2.45) is 0 Å². The van der Waals surface area contributed by atoms with Crippen LogP contribution in [0.5, 0.6) is 0 Å². The van der Waals surface area contributed by atoms with Crippen molar-refractivity contribution in [3.8, 4) is 0 Å². The van der Waals surface area contributed by atoms with Crippen LogP contribution in [-0.4, -0.2) is 15.0 Å². The van der Waals surface area contributed by atoms with Gasteiger partial charge in [0.2, 0.25) is 5.43 Å². The van der Waals surface area contributed by atoms with Crippen molar-refractivity contribution in [3.05, 3.63) is 33.9 Å². The fourth-order valence-corrected chi connectivity index (χ4v) is 2.18. The largest absolute Gasteiger partial charge is 0.341 e. The molecule has 76 valence electrons. The second kappa shape index (κ2) is 3.15. The maximum absolute atomic E-state index is 12.1. The first-order chi connectivity index (χ1) is 7.36. The molecule has 0 bridgehead atoms. The summed E-state index contributed by atoms with van der Waals surface area (Å²) >= 11 is 0. The zero-order valence-electron chi connectivity index (χ0n) is 8.29. The van der Waals surface area contributed by atoms with Gasteiger partial charge in [0, 0.05) is 23.7 Å². The molecule has 1 aliphatic rings. The summed E-state index contributed by atoms with van der Waals surface area (Å²) in [4.78, 5) is 23.5. The lowest BCUT2D eigenvalue weighted by Gasteiger charge is -2.14. The summed E-state index contributed by atoms with van der Waals surface area (Å²) in [7, 11) is 0. The van der Waals surface area contributed by atoms with E-state index in [4.69, 9.17) is 0 Å². The molecule has 2 heterocycles. The zero-order valence-corrected chi connectivity index (χ0v) is 8.29. The molecule has 0 aliphatic heterocycles. The number of rotatable bonds is 0. The third-order valence-corrected chi connectivity index (χ3v) is 2.92. The van der Waals surface area contributed by atoms with Crippen LogP contribution < -0.4 is 5.43 Å². The van der Waals surface area contributed by atoms with Gasteiger partial charge in [0.25, 0.3) is 0 Å². The Morgan fingerprint density at radius 1 is 1.13 bits per heavy atom. The molecule has 4 heteroatoms. The molecule has 0 aromatic carbocycles. The summed E-state index contributed by atoms with van der Waals surface area (Å²) in [5, 5.41) is 0. The smallest absolute Gasteiger partial charge is 0.212 e. The normalized spacial score (nSPS) is 15.2. The third-order valence-electron chi connectivity index (χ3n) is 2.92. The van der Waals surface area contributed by atoms with Gasteiger partial charge in [0.1, 0.15) is 0 Å². The first-order valence-corrected chi connectivity index (χ1v) is 5.21. The molecule has 2 aromatic heterocycles. The molecular formula is C11H11N3O. The number of H-pyrrole nitrogens is 1. The fraction of sp³-hybridized carbons (Fsp3) is 0.364. The van der Waals surface area contributed by atoms with Gasteiger partial charge in [-0.1, -0.05) is 0 Å². The van der Waals surface area contributed by atoms with E-state index in [1.54, 1.807) is 12.4 Å². The first kappa shape index (κ1) is 8.59. The van der Waals surface area contributed by atoms with E-state index in [9.17, 15) is 4.79 Å². The number of pyridine rings is 1. The van der Waals surface area contributed by atoms with Crippen molar-refractivity contribution in [2.45, 2.75) is 25.7 Å². The summed E-state index contributed by atoms with van der Waals surface area (Å²) in [6, 6.07) is 0. The van der Waals surface area contributed by atoms with Gasteiger partial charge in [-0.3, -0.25) is 4.79 Å². The summed E-state index contributed by atoms with van der Waals surface area (Å²) in [6.45, 7) is 0. The third kappa shape index (κ3) is 1.25. The highest BCUT2D eigenvalue weighted by atomic mass is 16.1. The molecule has 0 spiro atoms. The van der Waals surface area contributed by atoms with Crippen LogP contribution in [-0.2, 0) is 12.8 Å². The van der Waals surface area contributed by atoms with Crippen LogP contribution in [0.2, 0.25) is 0 Å². The maximum atomic E-state index is 12.1. The molecule has 0 radical (unpaired) electrons. The van der Waals surface area contributed by atoms with Gasteiger partial charge < -0.3 is 4.98 Å². The molecule has 1 N–H and O–H groups in total. The van der Waals surface area contributed by atoms with E-state index in [1.165, 1.54) is 0 Å². The standard InChI is InChI=1S/C11H11N3O/c15-10-7-3-1-2-4-8(7)14-11-9(10)12-5-6-13-11/h5-6H,1-4H2,(H,13,14,15). The van der Waals surface area contributed by atoms with Crippen molar-refractivity contribution in [1.82, 2.24) is 15.0 Å². The Morgan fingerprint density at radius 2 is 1.93 bits per heavy atom. The van der Waals surface area contributed by atoms with Crippen LogP contribution in [0.1, 0.15) is 24.1 Å². The van der Waals surface area contributed by atoms with Crippen molar-refractivity contribution >= 4 is 11.2 Å². The summed E-state index contributed by atoms with van der Waals surface area (Å²) in [6.07, 6.45) is 7.24. The Labute approximate surface area is 86.4 Å². The highest BCUT2D eigenvalue weighted by Crippen LogP contribution is 2.17. The molecule has 0 saturated carbocycles. The van der Waals surface area contributed by atoms with Crippen molar-refractivity contribution in [1.29, 1.82) is 0 Å². The van der Waals surface area contributed by atoms with Crippen molar-refractivity contribution in [3.63, 3.8) is 0 Å². The van der Waals surface area contributed by atoms with Crippen LogP contribution in [0.15, 0.2) is 17.2 Å². The highest BCUT2D eigenvalue weighted by molar-refractivity contribution is 5.70. The Kier molecular flexibility index (Phi) is 1.80. The van der Waals surface area contributed by atoms with Gasteiger partial charge in [-0.05, 0) is 25.7 Å². The van der Waals surface area contributed by atoms with Crippen LogP contribution in [0.25, 0.3) is 11.2 Å². The van der Waals surface area contributed by atoms with Gasteiger partial charge in [-0.15, -0.1) is 0 Å². The van der Waals surface area contributed by atoms with Gasteiger partial charge in [-0.25, -0.2) is 9.97 Å². The number of aromatic amines is 1. The number of aryl methyl sites for hydroxylation is 1. The summed E-state index contributed by atoms with van der Waals surface area (Å²) in [5.41, 5.74) is 3.11. The molecule has 0 atom stereocenters. The maximum Gasteiger partial charge on any atom is 0.212 e. The number of hydrogen-bond acceptors (Lipinski definition) is 3. The molecule has 1 aliphatic carbocycles. The van der Waals surface area contributed by atoms with Crippen molar-refractivity contribution < 1.29 is 0 Å². The lowest BCUT2D eigenvalue weighted by atomic mass is 9.95. The van der Waals surface area contributed by atoms with E-state index in [1.807, 2.05) is 0 Å². The Balaban J connectivity index is 2.41. The van der Waals surface area contributed by atoms with Crippen LogP contribution in [0.3, 0.4) is 0 Å². The number of hydrogen-bond donors (Lipinski definition) is 1. The van der Waals surface area contributed by atoms with Crippen LogP contribution in [0.4, 0.5) is 0 Å². The second-order valence-corrected chi connectivity index (χ2v) is 3.87. The van der Waals surface area contributed by atoms with Crippen LogP contribution in [0, 0.1) is 0 Å². The molecule has 0 unspecified atom stereocenters. The average Bonchev–Trinajstić information content (AvgIpc) is 2.30. The molecule has 0 fully saturated rings. The van der Waals surface area contributed by atoms with Crippen LogP contribution >= 0.6 is 0 Å². The van der Waals surface area contributed by atoms with Gasteiger partial charge in [0.05, 0.1) is 0 Å². The van der Waals surface area contributed by atoms with Gasteiger partial charge in [-0.2, -0.15) is 0 Å². The highest BCUT2D eigenvalue weighted by Gasteiger charge is 2.16. The lowest BCUT2D eigenvalue weighted by molar-refractivity contribution is 0.666.